The quantitative estimate of drug-likeness (QED) is 0.752. The van der Waals surface area contributed by atoms with E-state index in [1.165, 1.54) is 12.1 Å². The molecule has 3 aromatic rings. The summed E-state index contributed by atoms with van der Waals surface area (Å²) in [6, 6.07) is 13.6. The minimum Gasteiger partial charge on any atom is -0.310 e. The number of nitrogens with zero attached hydrogens (tertiary/aromatic N) is 2. The summed E-state index contributed by atoms with van der Waals surface area (Å²) >= 11 is 0. The van der Waals surface area contributed by atoms with Gasteiger partial charge in [0.25, 0.3) is 0 Å². The van der Waals surface area contributed by atoms with E-state index in [0.717, 1.165) is 28.1 Å². The molecule has 0 aliphatic carbocycles. The number of hydrogen-bond acceptors (Lipinski definition) is 3. The second kappa shape index (κ2) is 7.08. The zero-order valence-corrected chi connectivity index (χ0v) is 15.6. The highest BCUT2D eigenvalue weighted by Gasteiger charge is 2.28. The number of halogens is 1. The van der Waals surface area contributed by atoms with Crippen LogP contribution in [0.4, 0.5) is 10.2 Å². The van der Waals surface area contributed by atoms with Gasteiger partial charge < -0.3 is 5.32 Å². The van der Waals surface area contributed by atoms with E-state index in [1.54, 1.807) is 16.8 Å². The van der Waals surface area contributed by atoms with Crippen LogP contribution < -0.4 is 5.32 Å². The monoisotopic (exact) mass is 383 g/mol. The number of aryl methyl sites for hydroxylation is 1. The highest BCUT2D eigenvalue weighted by atomic mass is 32.2. The molecule has 5 nitrogen and oxygen atoms in total. The summed E-state index contributed by atoms with van der Waals surface area (Å²) in [5.74, 6) is 0.786. The third kappa shape index (κ3) is 3.55. The van der Waals surface area contributed by atoms with Crippen molar-refractivity contribution in [1.29, 1.82) is 0 Å². The lowest BCUT2D eigenvalue weighted by Gasteiger charge is -2.13. The van der Waals surface area contributed by atoms with Crippen molar-refractivity contribution in [2.75, 3.05) is 5.32 Å². The van der Waals surface area contributed by atoms with E-state index < -0.39 is 10.8 Å². The van der Waals surface area contributed by atoms with E-state index in [0.29, 0.717) is 17.3 Å². The molecule has 1 N–H and O–H groups in total. The number of anilines is 1. The SMILES string of the molecule is Cc1ccccc1-n1nc2c(c1NC(=O)Cc1ccc(F)cc1)CS(=O)C2. The molecule has 1 aromatic heterocycles. The van der Waals surface area contributed by atoms with E-state index >= 15 is 0 Å². The molecule has 0 spiro atoms. The fraction of sp³-hybridized carbons (Fsp3) is 0.200. The van der Waals surface area contributed by atoms with Gasteiger partial charge in [0.2, 0.25) is 5.91 Å². The standard InChI is InChI=1S/C20H18FN3O2S/c1-13-4-2-3-5-18(13)24-20(16-11-27(26)12-17(16)23-24)22-19(25)10-14-6-8-15(21)9-7-14/h2-9H,10-12H2,1H3,(H,22,25). The van der Waals surface area contributed by atoms with Gasteiger partial charge in [0.1, 0.15) is 11.6 Å². The molecule has 4 rings (SSSR count). The lowest BCUT2D eigenvalue weighted by Crippen LogP contribution is -2.18. The van der Waals surface area contributed by atoms with Crippen LogP contribution >= 0.6 is 0 Å². The molecule has 0 bridgehead atoms. The Morgan fingerprint density at radius 3 is 2.67 bits per heavy atom. The smallest absolute Gasteiger partial charge is 0.229 e. The first-order chi connectivity index (χ1) is 13.0. The third-order valence-corrected chi connectivity index (χ3v) is 5.76. The van der Waals surface area contributed by atoms with E-state index in [4.69, 9.17) is 0 Å². The minimum absolute atomic E-state index is 0.122. The number of aromatic nitrogens is 2. The van der Waals surface area contributed by atoms with Gasteiger partial charge in [-0.25, -0.2) is 9.07 Å². The van der Waals surface area contributed by atoms with Gasteiger partial charge in [-0.3, -0.25) is 9.00 Å². The van der Waals surface area contributed by atoms with Crippen molar-refractivity contribution in [3.8, 4) is 5.69 Å². The molecule has 0 saturated carbocycles. The zero-order valence-electron chi connectivity index (χ0n) is 14.7. The van der Waals surface area contributed by atoms with Gasteiger partial charge in [-0.2, -0.15) is 5.10 Å². The largest absolute Gasteiger partial charge is 0.310 e. The summed E-state index contributed by atoms with van der Waals surface area (Å²) in [6.45, 7) is 1.98. The number of benzene rings is 2. The summed E-state index contributed by atoms with van der Waals surface area (Å²) in [6.07, 6.45) is 0.122. The second-order valence-corrected chi connectivity index (χ2v) is 8.01. The highest BCUT2D eigenvalue weighted by molar-refractivity contribution is 7.83. The summed E-state index contributed by atoms with van der Waals surface area (Å²) < 4.78 is 26.7. The maximum Gasteiger partial charge on any atom is 0.229 e. The van der Waals surface area contributed by atoms with Crippen molar-refractivity contribution < 1.29 is 13.4 Å². The number of rotatable bonds is 4. The maximum atomic E-state index is 13.1. The first-order valence-electron chi connectivity index (χ1n) is 8.57. The first-order valence-corrected chi connectivity index (χ1v) is 10.1. The predicted molar refractivity (Wildman–Crippen MR) is 103 cm³/mol. The Hall–Kier alpha value is -2.80. The average Bonchev–Trinajstić information content (AvgIpc) is 3.15. The van der Waals surface area contributed by atoms with Crippen LogP contribution in [0, 0.1) is 12.7 Å². The summed E-state index contributed by atoms with van der Waals surface area (Å²) in [7, 11) is -0.993. The molecule has 2 aromatic carbocycles. The number of para-hydroxylation sites is 1. The molecular weight excluding hydrogens is 365 g/mol. The van der Waals surface area contributed by atoms with Crippen LogP contribution in [0.25, 0.3) is 5.69 Å². The van der Waals surface area contributed by atoms with Crippen LogP contribution in [0.3, 0.4) is 0 Å². The van der Waals surface area contributed by atoms with E-state index in [9.17, 15) is 13.4 Å². The van der Waals surface area contributed by atoms with Crippen molar-refractivity contribution >= 4 is 22.5 Å². The molecule has 1 aliphatic heterocycles. The fourth-order valence-corrected chi connectivity index (χ4v) is 4.46. The lowest BCUT2D eigenvalue weighted by molar-refractivity contribution is -0.115. The molecule has 7 heteroatoms. The van der Waals surface area contributed by atoms with Gasteiger partial charge in [0, 0.05) is 16.4 Å². The van der Waals surface area contributed by atoms with Gasteiger partial charge in [-0.1, -0.05) is 30.3 Å². The molecule has 1 unspecified atom stereocenters. The predicted octanol–water partition coefficient (Wildman–Crippen LogP) is 3.26. The summed E-state index contributed by atoms with van der Waals surface area (Å²) in [5.41, 5.74) is 4.19. The Kier molecular flexibility index (Phi) is 4.61. The van der Waals surface area contributed by atoms with Crippen LogP contribution in [0.2, 0.25) is 0 Å². The number of fused-ring (bicyclic) bond motifs is 1. The molecule has 2 heterocycles. The van der Waals surface area contributed by atoms with Crippen molar-refractivity contribution in [2.24, 2.45) is 0 Å². The summed E-state index contributed by atoms with van der Waals surface area (Å²) in [4.78, 5) is 12.6. The Morgan fingerprint density at radius 1 is 1.19 bits per heavy atom. The van der Waals surface area contributed by atoms with Crippen LogP contribution in [0.5, 0.6) is 0 Å². The Morgan fingerprint density at radius 2 is 1.93 bits per heavy atom. The van der Waals surface area contributed by atoms with Crippen LogP contribution in [0.15, 0.2) is 48.5 Å². The molecule has 27 heavy (non-hydrogen) atoms. The Balaban J connectivity index is 1.67. The second-order valence-electron chi connectivity index (χ2n) is 6.55. The number of nitrogens with one attached hydrogen (secondary N) is 1. The van der Waals surface area contributed by atoms with Crippen molar-refractivity contribution in [3.63, 3.8) is 0 Å². The number of hydrogen-bond donors (Lipinski definition) is 1. The van der Waals surface area contributed by atoms with E-state index in [-0.39, 0.29) is 18.1 Å². The van der Waals surface area contributed by atoms with Gasteiger partial charge in [0.05, 0.1) is 29.3 Å². The Labute approximate surface area is 158 Å². The topological polar surface area (TPSA) is 64.0 Å². The summed E-state index contributed by atoms with van der Waals surface area (Å²) in [5, 5.41) is 7.54. The van der Waals surface area contributed by atoms with Crippen molar-refractivity contribution in [1.82, 2.24) is 9.78 Å². The molecule has 1 amide bonds. The van der Waals surface area contributed by atoms with Crippen LogP contribution in [-0.2, 0) is 33.5 Å². The molecule has 0 fully saturated rings. The third-order valence-electron chi connectivity index (χ3n) is 4.55. The molecule has 138 valence electrons. The van der Waals surface area contributed by atoms with Crippen molar-refractivity contribution in [3.05, 3.63) is 76.7 Å². The average molecular weight is 383 g/mol. The number of carbonyl (C=O) groups excluding carboxylic acids is 1. The molecule has 1 atom stereocenters. The molecule has 0 saturated heterocycles. The van der Waals surface area contributed by atoms with Gasteiger partial charge in [-0.15, -0.1) is 0 Å². The van der Waals surface area contributed by atoms with Gasteiger partial charge >= 0.3 is 0 Å². The molecule has 0 radical (unpaired) electrons. The van der Waals surface area contributed by atoms with Gasteiger partial charge in [0.15, 0.2) is 0 Å². The van der Waals surface area contributed by atoms with Gasteiger partial charge in [-0.05, 0) is 36.2 Å². The van der Waals surface area contributed by atoms with Crippen molar-refractivity contribution in [2.45, 2.75) is 24.9 Å². The fourth-order valence-electron chi connectivity index (χ4n) is 3.20. The minimum atomic E-state index is -0.993. The molecule has 1 aliphatic rings. The number of carbonyl (C=O) groups is 1. The van der Waals surface area contributed by atoms with E-state index in [1.807, 2.05) is 31.2 Å². The molecular formula is C20H18FN3O2S. The van der Waals surface area contributed by atoms with E-state index in [2.05, 4.69) is 10.4 Å². The normalized spacial score (nSPS) is 15.6. The maximum absolute atomic E-state index is 13.1. The first kappa shape index (κ1) is 17.6. The highest BCUT2D eigenvalue weighted by Crippen LogP contribution is 2.32. The number of amides is 1. The van der Waals surface area contributed by atoms with Crippen LogP contribution in [-0.4, -0.2) is 19.9 Å². The Bertz CT molecular complexity index is 1040. The lowest BCUT2D eigenvalue weighted by atomic mass is 10.1. The van der Waals surface area contributed by atoms with Crippen LogP contribution in [0.1, 0.15) is 22.4 Å². The zero-order chi connectivity index (χ0) is 19.0.